The lowest BCUT2D eigenvalue weighted by Crippen LogP contribution is -2.37. The average Bonchev–Trinajstić information content (AvgIpc) is 2.56. The van der Waals surface area contributed by atoms with Crippen molar-refractivity contribution in [2.45, 2.75) is 38.1 Å². The summed E-state index contributed by atoms with van der Waals surface area (Å²) in [5.41, 5.74) is 0.621. The van der Waals surface area contributed by atoms with E-state index in [4.69, 9.17) is 16.3 Å². The third-order valence-corrected chi connectivity index (χ3v) is 4.07. The van der Waals surface area contributed by atoms with Crippen molar-refractivity contribution in [1.82, 2.24) is 5.32 Å². The molecule has 122 valence electrons. The number of benzene rings is 1. The van der Waals surface area contributed by atoms with Crippen LogP contribution in [0, 0.1) is 11.3 Å². The molecule has 0 unspecified atom stereocenters. The van der Waals surface area contributed by atoms with Crippen molar-refractivity contribution in [3.63, 3.8) is 0 Å². The Morgan fingerprint density at radius 2 is 2.13 bits per heavy atom. The number of ether oxygens (including phenoxy) is 1. The first-order chi connectivity index (χ1) is 11.1. The van der Waals surface area contributed by atoms with Crippen molar-refractivity contribution >= 4 is 23.2 Å². The van der Waals surface area contributed by atoms with Crippen molar-refractivity contribution < 1.29 is 9.53 Å². The summed E-state index contributed by atoms with van der Waals surface area (Å²) < 4.78 is 5.21. The Morgan fingerprint density at radius 3 is 2.78 bits per heavy atom. The lowest BCUT2D eigenvalue weighted by atomic mass is 9.95. The minimum atomic E-state index is -0.354. The molecule has 1 aromatic carbocycles. The van der Waals surface area contributed by atoms with Gasteiger partial charge < -0.3 is 15.4 Å². The van der Waals surface area contributed by atoms with E-state index in [0.717, 1.165) is 25.7 Å². The Morgan fingerprint density at radius 1 is 1.39 bits per heavy atom. The number of hydrogen-bond donors (Lipinski definition) is 2. The van der Waals surface area contributed by atoms with Gasteiger partial charge in [0.25, 0.3) is 5.91 Å². The molecule has 0 heterocycles. The lowest BCUT2D eigenvalue weighted by Gasteiger charge is -2.22. The van der Waals surface area contributed by atoms with Crippen LogP contribution in [0.25, 0.3) is 0 Å². The van der Waals surface area contributed by atoms with Gasteiger partial charge in [0.2, 0.25) is 0 Å². The zero-order valence-electron chi connectivity index (χ0n) is 13.1. The molecule has 1 aliphatic rings. The molecule has 2 N–H and O–H groups in total. The molecule has 1 fully saturated rings. The zero-order chi connectivity index (χ0) is 16.7. The maximum atomic E-state index is 12.2. The molecule has 0 radical (unpaired) electrons. The Balaban J connectivity index is 2.05. The van der Waals surface area contributed by atoms with Crippen LogP contribution in [0.15, 0.2) is 30.0 Å². The highest BCUT2D eigenvalue weighted by Crippen LogP contribution is 2.27. The number of carbonyl (C=O) groups is 1. The molecule has 2 rings (SSSR count). The van der Waals surface area contributed by atoms with Crippen molar-refractivity contribution in [2.75, 3.05) is 12.4 Å². The number of carbonyl (C=O) groups excluding carboxylic acids is 1. The van der Waals surface area contributed by atoms with Gasteiger partial charge in [0, 0.05) is 17.3 Å². The van der Waals surface area contributed by atoms with Gasteiger partial charge in [-0.15, -0.1) is 0 Å². The van der Waals surface area contributed by atoms with Crippen LogP contribution in [-0.2, 0) is 4.79 Å². The minimum Gasteiger partial charge on any atom is -0.495 e. The van der Waals surface area contributed by atoms with Gasteiger partial charge in [-0.05, 0) is 31.0 Å². The van der Waals surface area contributed by atoms with Gasteiger partial charge in [-0.2, -0.15) is 5.26 Å². The summed E-state index contributed by atoms with van der Waals surface area (Å²) in [5.74, 6) is 0.225. The second-order valence-corrected chi connectivity index (χ2v) is 5.90. The van der Waals surface area contributed by atoms with Crippen LogP contribution < -0.4 is 15.4 Å². The summed E-state index contributed by atoms with van der Waals surface area (Å²) in [6, 6.07) is 7.18. The van der Waals surface area contributed by atoms with E-state index in [9.17, 15) is 10.1 Å². The van der Waals surface area contributed by atoms with E-state index in [1.165, 1.54) is 12.6 Å². The highest BCUT2D eigenvalue weighted by molar-refractivity contribution is 6.30. The third kappa shape index (κ3) is 4.90. The fourth-order valence-electron chi connectivity index (χ4n) is 2.60. The molecule has 0 aromatic heterocycles. The van der Waals surface area contributed by atoms with Crippen LogP contribution >= 0.6 is 11.6 Å². The number of hydrogen-bond acceptors (Lipinski definition) is 4. The molecule has 1 aromatic rings. The molecule has 6 heteroatoms. The van der Waals surface area contributed by atoms with E-state index in [1.54, 1.807) is 25.3 Å². The average molecular weight is 334 g/mol. The Hall–Kier alpha value is -2.19. The molecule has 0 aliphatic heterocycles. The highest BCUT2D eigenvalue weighted by atomic mass is 35.5. The number of anilines is 1. The Kier molecular flexibility index (Phi) is 6.30. The number of halogens is 1. The van der Waals surface area contributed by atoms with E-state index in [2.05, 4.69) is 10.6 Å². The predicted octanol–water partition coefficient (Wildman–Crippen LogP) is 3.62. The van der Waals surface area contributed by atoms with Crippen LogP contribution in [0.4, 0.5) is 5.69 Å². The molecular weight excluding hydrogens is 314 g/mol. The minimum absolute atomic E-state index is 0.0256. The van der Waals surface area contributed by atoms with Gasteiger partial charge in [0.05, 0.1) is 12.8 Å². The first-order valence-corrected chi connectivity index (χ1v) is 8.03. The van der Waals surface area contributed by atoms with Gasteiger partial charge >= 0.3 is 0 Å². The van der Waals surface area contributed by atoms with Crippen LogP contribution in [0.5, 0.6) is 5.75 Å². The third-order valence-electron chi connectivity index (χ3n) is 3.84. The number of rotatable bonds is 5. The Labute approximate surface area is 141 Å². The molecule has 0 atom stereocenters. The van der Waals surface area contributed by atoms with Gasteiger partial charge in [-0.3, -0.25) is 4.79 Å². The maximum Gasteiger partial charge on any atom is 0.263 e. The molecular formula is C17H20ClN3O2. The highest BCUT2D eigenvalue weighted by Gasteiger charge is 2.18. The molecule has 1 aliphatic carbocycles. The van der Waals surface area contributed by atoms with Crippen LogP contribution in [0.2, 0.25) is 5.02 Å². The first-order valence-electron chi connectivity index (χ1n) is 7.65. The van der Waals surface area contributed by atoms with E-state index >= 15 is 0 Å². The summed E-state index contributed by atoms with van der Waals surface area (Å²) in [5, 5.41) is 15.6. The molecule has 1 amide bonds. The standard InChI is InChI=1S/C17H20ClN3O2/c1-23-16-8-7-13(18)9-15(16)20-11-12(10-19)17(22)21-14-5-3-2-4-6-14/h7-9,11,14,20H,2-6H2,1H3,(H,21,22)/b12-11-. The molecule has 0 bridgehead atoms. The number of nitrogens with one attached hydrogen (secondary N) is 2. The first kappa shape index (κ1) is 17.2. The largest absolute Gasteiger partial charge is 0.495 e. The molecule has 1 saturated carbocycles. The van der Waals surface area contributed by atoms with E-state index < -0.39 is 0 Å². The van der Waals surface area contributed by atoms with Gasteiger partial charge in [0.1, 0.15) is 17.4 Å². The van der Waals surface area contributed by atoms with Crippen molar-refractivity contribution in [2.24, 2.45) is 0 Å². The molecule has 5 nitrogen and oxygen atoms in total. The Bertz CT molecular complexity index is 631. The van der Waals surface area contributed by atoms with Crippen molar-refractivity contribution in [3.05, 3.63) is 35.0 Å². The summed E-state index contributed by atoms with van der Waals surface area (Å²) in [4.78, 5) is 12.2. The maximum absolute atomic E-state index is 12.2. The fourth-order valence-corrected chi connectivity index (χ4v) is 2.77. The summed E-state index contributed by atoms with van der Waals surface area (Å²) in [7, 11) is 1.54. The molecule has 23 heavy (non-hydrogen) atoms. The fraction of sp³-hybridized carbons (Fsp3) is 0.412. The van der Waals surface area contributed by atoms with Gasteiger partial charge in [-0.25, -0.2) is 0 Å². The second-order valence-electron chi connectivity index (χ2n) is 5.47. The van der Waals surface area contributed by atoms with Gasteiger partial charge in [0.15, 0.2) is 0 Å². The van der Waals surface area contributed by atoms with E-state index in [1.807, 2.05) is 6.07 Å². The monoisotopic (exact) mass is 333 g/mol. The SMILES string of the molecule is COc1ccc(Cl)cc1N/C=C(/C#N)C(=O)NC1CCCCC1. The van der Waals surface area contributed by atoms with Crippen molar-refractivity contribution in [3.8, 4) is 11.8 Å². The van der Waals surface area contributed by atoms with Crippen LogP contribution in [-0.4, -0.2) is 19.1 Å². The number of nitrogens with zero attached hydrogens (tertiary/aromatic N) is 1. The summed E-state index contributed by atoms with van der Waals surface area (Å²) in [6.07, 6.45) is 6.78. The predicted molar refractivity (Wildman–Crippen MR) is 90.3 cm³/mol. The quantitative estimate of drug-likeness (QED) is 0.637. The normalized spacial score (nSPS) is 15.6. The summed E-state index contributed by atoms with van der Waals surface area (Å²) in [6.45, 7) is 0. The van der Waals surface area contributed by atoms with Crippen LogP contribution in [0.3, 0.4) is 0 Å². The summed E-state index contributed by atoms with van der Waals surface area (Å²) >= 11 is 5.95. The van der Waals surface area contributed by atoms with Gasteiger partial charge in [-0.1, -0.05) is 30.9 Å². The molecule has 0 spiro atoms. The number of methoxy groups -OCH3 is 1. The van der Waals surface area contributed by atoms with Crippen LogP contribution in [0.1, 0.15) is 32.1 Å². The van der Waals surface area contributed by atoms with Crippen molar-refractivity contribution in [1.29, 1.82) is 5.26 Å². The number of nitriles is 1. The van der Waals surface area contributed by atoms with E-state index in [0.29, 0.717) is 16.5 Å². The molecule has 0 saturated heterocycles. The number of amides is 1. The smallest absolute Gasteiger partial charge is 0.263 e. The van der Waals surface area contributed by atoms with E-state index in [-0.39, 0.29) is 17.5 Å². The topological polar surface area (TPSA) is 74.1 Å². The second kappa shape index (κ2) is 8.44. The lowest BCUT2D eigenvalue weighted by molar-refractivity contribution is -0.118. The zero-order valence-corrected chi connectivity index (χ0v) is 13.8.